The molecule has 0 radical (unpaired) electrons. The Labute approximate surface area is 105 Å². The van der Waals surface area contributed by atoms with Gasteiger partial charge < -0.3 is 5.11 Å². The molecule has 17 heavy (non-hydrogen) atoms. The maximum Gasteiger partial charge on any atom is 0.155 e. The molecule has 1 rings (SSSR count). The van der Waals surface area contributed by atoms with Gasteiger partial charge in [0.05, 0.1) is 6.04 Å². The number of ketones is 1. The van der Waals surface area contributed by atoms with Crippen molar-refractivity contribution in [3.63, 3.8) is 0 Å². The van der Waals surface area contributed by atoms with E-state index in [0.717, 1.165) is 13.0 Å². The molecule has 1 aliphatic heterocycles. The zero-order valence-electron chi connectivity index (χ0n) is 12.1. The fourth-order valence-electron chi connectivity index (χ4n) is 2.54. The molecule has 1 aliphatic rings. The van der Waals surface area contributed by atoms with E-state index in [1.807, 2.05) is 20.8 Å². The minimum absolute atomic E-state index is 0.0184. The molecule has 1 fully saturated rings. The van der Waals surface area contributed by atoms with Crippen LogP contribution in [0.1, 0.15) is 48.0 Å². The Bertz CT molecular complexity index is 286. The minimum Gasteiger partial charge on any atom is -0.396 e. The normalized spacial score (nSPS) is 27.5. The van der Waals surface area contributed by atoms with Gasteiger partial charge in [0, 0.05) is 24.1 Å². The lowest BCUT2D eigenvalue weighted by atomic mass is 9.84. The Morgan fingerprint density at radius 3 is 2.12 bits per heavy atom. The van der Waals surface area contributed by atoms with Crippen LogP contribution in [-0.4, -0.2) is 40.5 Å². The minimum atomic E-state index is -0.307. The first-order valence-electron chi connectivity index (χ1n) is 6.49. The number of nitrogens with zero attached hydrogens (tertiary/aromatic N) is 1. The van der Waals surface area contributed by atoms with Crippen LogP contribution >= 0.6 is 0 Å². The molecule has 100 valence electrons. The number of hydrogen-bond acceptors (Lipinski definition) is 3. The number of hydrogen-bond donors (Lipinski definition) is 1. The van der Waals surface area contributed by atoms with Crippen LogP contribution in [0.4, 0.5) is 0 Å². The maximum atomic E-state index is 12.5. The fourth-order valence-corrected chi connectivity index (χ4v) is 2.54. The summed E-state index contributed by atoms with van der Waals surface area (Å²) in [6, 6.07) is -0.0350. The Morgan fingerprint density at radius 2 is 1.76 bits per heavy atom. The highest BCUT2D eigenvalue weighted by molar-refractivity contribution is 5.89. The van der Waals surface area contributed by atoms with Crippen molar-refractivity contribution < 1.29 is 9.90 Å². The predicted octanol–water partition coefficient (Wildman–Crippen LogP) is 2.08. The summed E-state index contributed by atoms with van der Waals surface area (Å²) in [4.78, 5) is 14.7. The van der Waals surface area contributed by atoms with Gasteiger partial charge in [-0.1, -0.05) is 20.8 Å². The summed E-state index contributed by atoms with van der Waals surface area (Å²) < 4.78 is 0. The monoisotopic (exact) mass is 241 g/mol. The van der Waals surface area contributed by atoms with Crippen molar-refractivity contribution in [2.45, 2.75) is 59.5 Å². The van der Waals surface area contributed by atoms with E-state index >= 15 is 0 Å². The summed E-state index contributed by atoms with van der Waals surface area (Å²) in [6.07, 6.45) is 0.796. The van der Waals surface area contributed by atoms with Crippen LogP contribution in [-0.2, 0) is 4.79 Å². The Morgan fingerprint density at radius 1 is 1.24 bits per heavy atom. The highest BCUT2D eigenvalue weighted by atomic mass is 16.3. The number of aliphatic hydroxyl groups excluding tert-OH is 1. The third-order valence-corrected chi connectivity index (χ3v) is 3.55. The molecule has 1 saturated heterocycles. The number of carbonyl (C=O) groups excluding carboxylic acids is 1. The SMILES string of the molecule is CC(C)(C)C(=O)[C@@H]1C[C@@H](CO)CN1C(C)(C)C. The second-order valence-electron chi connectivity index (χ2n) is 7.24. The van der Waals surface area contributed by atoms with E-state index in [1.54, 1.807) is 0 Å². The first-order valence-corrected chi connectivity index (χ1v) is 6.49. The largest absolute Gasteiger partial charge is 0.396 e. The highest BCUT2D eigenvalue weighted by Crippen LogP contribution is 2.34. The van der Waals surface area contributed by atoms with Gasteiger partial charge in [-0.15, -0.1) is 0 Å². The van der Waals surface area contributed by atoms with Crippen LogP contribution in [0.25, 0.3) is 0 Å². The molecule has 0 aromatic carbocycles. The summed E-state index contributed by atoms with van der Waals surface area (Å²) in [6.45, 7) is 13.3. The van der Waals surface area contributed by atoms with E-state index in [0.29, 0.717) is 5.78 Å². The molecule has 0 aliphatic carbocycles. The van der Waals surface area contributed by atoms with Crippen molar-refractivity contribution in [2.75, 3.05) is 13.2 Å². The molecule has 3 nitrogen and oxygen atoms in total. The third kappa shape index (κ3) is 3.29. The molecule has 3 heteroatoms. The smallest absolute Gasteiger partial charge is 0.155 e. The van der Waals surface area contributed by atoms with Gasteiger partial charge in [0.2, 0.25) is 0 Å². The lowest BCUT2D eigenvalue weighted by molar-refractivity contribution is -0.132. The quantitative estimate of drug-likeness (QED) is 0.804. The van der Waals surface area contributed by atoms with E-state index in [4.69, 9.17) is 0 Å². The number of aliphatic hydroxyl groups is 1. The molecular weight excluding hydrogens is 214 g/mol. The molecule has 0 aromatic heterocycles. The van der Waals surface area contributed by atoms with E-state index in [9.17, 15) is 9.90 Å². The molecule has 1 heterocycles. The second-order valence-corrected chi connectivity index (χ2v) is 7.24. The van der Waals surface area contributed by atoms with Gasteiger partial charge in [-0.25, -0.2) is 0 Å². The molecule has 1 N–H and O–H groups in total. The van der Waals surface area contributed by atoms with E-state index in [-0.39, 0.29) is 29.5 Å². The summed E-state index contributed by atoms with van der Waals surface area (Å²) >= 11 is 0. The molecule has 2 atom stereocenters. The van der Waals surface area contributed by atoms with Crippen molar-refractivity contribution >= 4 is 5.78 Å². The molecule has 0 amide bonds. The molecule has 0 aromatic rings. The van der Waals surface area contributed by atoms with Crippen LogP contribution in [0.15, 0.2) is 0 Å². The average Bonchev–Trinajstić information content (AvgIpc) is 2.57. The van der Waals surface area contributed by atoms with E-state index < -0.39 is 0 Å². The Hall–Kier alpha value is -0.410. The van der Waals surface area contributed by atoms with Gasteiger partial charge in [0.15, 0.2) is 5.78 Å². The molecule has 0 bridgehead atoms. The molecule has 0 saturated carbocycles. The summed E-state index contributed by atoms with van der Waals surface area (Å²) in [7, 11) is 0. The van der Waals surface area contributed by atoms with Gasteiger partial charge in [0.1, 0.15) is 0 Å². The topological polar surface area (TPSA) is 40.5 Å². The van der Waals surface area contributed by atoms with Crippen molar-refractivity contribution in [1.29, 1.82) is 0 Å². The zero-order valence-corrected chi connectivity index (χ0v) is 12.1. The van der Waals surface area contributed by atoms with Crippen LogP contribution < -0.4 is 0 Å². The molecule has 0 unspecified atom stereocenters. The Kier molecular flexibility index (Phi) is 4.04. The van der Waals surface area contributed by atoms with E-state index in [2.05, 4.69) is 25.7 Å². The van der Waals surface area contributed by atoms with Crippen LogP contribution in [0, 0.1) is 11.3 Å². The van der Waals surface area contributed by atoms with Crippen molar-refractivity contribution in [1.82, 2.24) is 4.90 Å². The molecule has 0 spiro atoms. The van der Waals surface area contributed by atoms with Crippen molar-refractivity contribution in [3.8, 4) is 0 Å². The van der Waals surface area contributed by atoms with Crippen molar-refractivity contribution in [2.24, 2.45) is 11.3 Å². The first-order chi connectivity index (χ1) is 7.57. The third-order valence-electron chi connectivity index (χ3n) is 3.55. The van der Waals surface area contributed by atoms with Gasteiger partial charge >= 0.3 is 0 Å². The zero-order chi connectivity index (χ0) is 13.4. The van der Waals surface area contributed by atoms with Gasteiger partial charge in [-0.2, -0.15) is 0 Å². The Balaban J connectivity index is 2.92. The first kappa shape index (κ1) is 14.7. The van der Waals surface area contributed by atoms with Crippen molar-refractivity contribution in [3.05, 3.63) is 0 Å². The number of carbonyl (C=O) groups is 1. The maximum absolute atomic E-state index is 12.5. The highest BCUT2D eigenvalue weighted by Gasteiger charge is 2.44. The number of likely N-dealkylation sites (tertiary alicyclic amines) is 1. The predicted molar refractivity (Wildman–Crippen MR) is 69.9 cm³/mol. The lowest BCUT2D eigenvalue weighted by Crippen LogP contribution is -2.50. The standard InChI is InChI=1S/C14H27NO2/c1-13(2,3)12(17)11-7-10(9-16)8-15(11)14(4,5)6/h10-11,16H,7-9H2,1-6H3/t10-,11+/m1/s1. The summed E-state index contributed by atoms with van der Waals surface area (Å²) in [5.41, 5.74) is -0.325. The molecular formula is C14H27NO2. The van der Waals surface area contributed by atoms with Crippen LogP contribution in [0.5, 0.6) is 0 Å². The van der Waals surface area contributed by atoms with Gasteiger partial charge in [-0.05, 0) is 33.1 Å². The van der Waals surface area contributed by atoms with Crippen LogP contribution in [0.3, 0.4) is 0 Å². The number of Topliss-reactive ketones (excluding diaryl/α,β-unsaturated/α-hetero) is 1. The average molecular weight is 241 g/mol. The number of rotatable bonds is 2. The lowest BCUT2D eigenvalue weighted by Gasteiger charge is -2.38. The van der Waals surface area contributed by atoms with E-state index in [1.165, 1.54) is 0 Å². The second kappa shape index (κ2) is 4.69. The summed E-state index contributed by atoms with van der Waals surface area (Å²) in [5, 5.41) is 9.31. The van der Waals surface area contributed by atoms with Gasteiger partial charge in [0.25, 0.3) is 0 Å². The summed E-state index contributed by atoms with van der Waals surface area (Å²) in [5.74, 6) is 0.536. The fraction of sp³-hybridized carbons (Fsp3) is 0.929. The van der Waals surface area contributed by atoms with Crippen LogP contribution in [0.2, 0.25) is 0 Å². The van der Waals surface area contributed by atoms with Gasteiger partial charge in [-0.3, -0.25) is 9.69 Å².